The number of amides is 6. The van der Waals surface area contributed by atoms with Crippen LogP contribution in [0.25, 0.3) is 0 Å². The molecule has 15 N–H and O–H groups in total. The van der Waals surface area contributed by atoms with Crippen LogP contribution in [0.1, 0.15) is 78.6 Å². The van der Waals surface area contributed by atoms with Crippen LogP contribution in [-0.2, 0) is 43.2 Å². The van der Waals surface area contributed by atoms with Gasteiger partial charge in [0.2, 0.25) is 35.4 Å². The second-order valence-corrected chi connectivity index (χ2v) is 12.2. The number of nitrogens with two attached hydrogens (primary N) is 3. The molecule has 51 heavy (non-hydrogen) atoms. The summed E-state index contributed by atoms with van der Waals surface area (Å²) in [4.78, 5) is 111. The number of carbonyl (C=O) groups excluding carboxylic acids is 6. The van der Waals surface area contributed by atoms with E-state index in [0.717, 1.165) is 6.92 Å². The number of hydrogen-bond donors (Lipinski definition) is 12. The molecule has 0 spiro atoms. The van der Waals surface area contributed by atoms with Crippen molar-refractivity contribution in [3.05, 3.63) is 0 Å². The fourth-order valence-corrected chi connectivity index (χ4v) is 4.51. The first kappa shape index (κ1) is 46.1. The van der Waals surface area contributed by atoms with Gasteiger partial charge in [0.05, 0.1) is 12.1 Å². The van der Waals surface area contributed by atoms with Gasteiger partial charge in [0.25, 0.3) is 0 Å². The molecule has 21 nitrogen and oxygen atoms in total. The van der Waals surface area contributed by atoms with Crippen molar-refractivity contribution in [1.82, 2.24) is 26.6 Å². The Balaban J connectivity index is 6.18. The number of carboxylic acids is 3. The first-order valence-corrected chi connectivity index (χ1v) is 16.3. The predicted molar refractivity (Wildman–Crippen MR) is 177 cm³/mol. The van der Waals surface area contributed by atoms with Crippen LogP contribution in [0.5, 0.6) is 0 Å². The molecule has 0 aliphatic carbocycles. The summed E-state index contributed by atoms with van der Waals surface area (Å²) in [5.41, 5.74) is 16.5. The summed E-state index contributed by atoms with van der Waals surface area (Å²) in [5, 5.41) is 49.4. The van der Waals surface area contributed by atoms with Crippen molar-refractivity contribution in [2.45, 2.75) is 121 Å². The molecule has 0 rings (SSSR count). The number of aliphatic hydroxyl groups excluding tert-OH is 1. The summed E-state index contributed by atoms with van der Waals surface area (Å²) in [6.07, 6.45) is -3.47. The lowest BCUT2D eigenvalue weighted by Crippen LogP contribution is -2.61. The van der Waals surface area contributed by atoms with Gasteiger partial charge in [0.15, 0.2) is 0 Å². The topological polar surface area (TPSA) is 373 Å². The molecule has 0 unspecified atom stereocenters. The molecule has 0 aromatic rings. The first-order chi connectivity index (χ1) is 23.7. The predicted octanol–water partition coefficient (Wildman–Crippen LogP) is -4.02. The van der Waals surface area contributed by atoms with Crippen LogP contribution in [0.15, 0.2) is 0 Å². The monoisotopic (exact) mass is 732 g/mol. The van der Waals surface area contributed by atoms with Crippen LogP contribution in [0.4, 0.5) is 0 Å². The highest BCUT2D eigenvalue weighted by Crippen LogP contribution is 2.09. The number of carbonyl (C=O) groups is 9. The Bertz CT molecular complexity index is 1250. The standard InChI is InChI=1S/C30H52N8O13/c1-14(2)23(30(50)51)37-27(47)19(9-12-22(43)44)35-26(46)17(7-10-20(33)40)36-29(49)24(15(3)39)38-28(48)18(8-11-21(41)42)34-25(45)16(32)6-4-5-13-31/h14-19,23-24,39H,4-13,31-32H2,1-3H3,(H2,33,40)(H,34,45)(H,35,46)(H,36,49)(H,37,47)(H,38,48)(H,41,42)(H,43,44)(H,50,51)/t15-,16+,17+,18+,19+,23+,24+/m1/s1. The lowest BCUT2D eigenvalue weighted by Gasteiger charge is -2.28. The van der Waals surface area contributed by atoms with Crippen LogP contribution >= 0.6 is 0 Å². The minimum atomic E-state index is -1.82. The third kappa shape index (κ3) is 18.6. The first-order valence-electron chi connectivity index (χ1n) is 16.3. The Labute approximate surface area is 294 Å². The summed E-state index contributed by atoms with van der Waals surface area (Å²) in [6.45, 7) is 4.45. The molecule has 0 heterocycles. The zero-order valence-electron chi connectivity index (χ0n) is 28.9. The number of aliphatic hydroxyl groups is 1. The molecule has 0 bridgehead atoms. The van der Waals surface area contributed by atoms with Gasteiger partial charge in [0.1, 0.15) is 30.2 Å². The van der Waals surface area contributed by atoms with Gasteiger partial charge in [-0.05, 0) is 51.5 Å². The molecule has 7 atom stereocenters. The molecule has 0 fully saturated rings. The van der Waals surface area contributed by atoms with Crippen molar-refractivity contribution in [3.63, 3.8) is 0 Å². The molecular weight excluding hydrogens is 680 g/mol. The molecule has 0 aromatic heterocycles. The third-order valence-corrected chi connectivity index (χ3v) is 7.47. The summed E-state index contributed by atoms with van der Waals surface area (Å²) >= 11 is 0. The maximum atomic E-state index is 13.4. The largest absolute Gasteiger partial charge is 0.481 e. The SMILES string of the molecule is CC(C)[C@H](NC(=O)[C@H](CCC(=O)O)NC(=O)[C@H](CCC(N)=O)NC(=O)[C@@H](NC(=O)[C@H](CCC(=O)O)NC(=O)[C@@H](N)CCCCN)[C@@H](C)O)C(=O)O. The van der Waals surface area contributed by atoms with E-state index in [4.69, 9.17) is 27.4 Å². The normalized spacial score (nSPS) is 15.1. The van der Waals surface area contributed by atoms with Gasteiger partial charge in [-0.15, -0.1) is 0 Å². The quantitative estimate of drug-likeness (QED) is 0.0377. The van der Waals surface area contributed by atoms with Crippen LogP contribution < -0.4 is 43.8 Å². The summed E-state index contributed by atoms with van der Waals surface area (Å²) in [7, 11) is 0. The molecule has 0 saturated carbocycles. The van der Waals surface area contributed by atoms with Crippen molar-refractivity contribution in [2.24, 2.45) is 23.1 Å². The molecule has 0 saturated heterocycles. The minimum Gasteiger partial charge on any atom is -0.481 e. The second-order valence-electron chi connectivity index (χ2n) is 12.2. The van der Waals surface area contributed by atoms with Crippen molar-refractivity contribution in [1.29, 1.82) is 0 Å². The van der Waals surface area contributed by atoms with Gasteiger partial charge in [-0.3, -0.25) is 38.4 Å². The average Bonchev–Trinajstić information content (AvgIpc) is 3.03. The van der Waals surface area contributed by atoms with Gasteiger partial charge in [-0.1, -0.05) is 20.3 Å². The Hall–Kier alpha value is -4.89. The van der Waals surface area contributed by atoms with Crippen LogP contribution in [0, 0.1) is 5.92 Å². The van der Waals surface area contributed by atoms with Gasteiger partial charge >= 0.3 is 17.9 Å². The maximum Gasteiger partial charge on any atom is 0.326 e. The molecule has 0 aliphatic heterocycles. The highest BCUT2D eigenvalue weighted by atomic mass is 16.4. The minimum absolute atomic E-state index is 0.209. The molecule has 21 heteroatoms. The Morgan fingerprint density at radius 3 is 1.37 bits per heavy atom. The zero-order chi connectivity index (χ0) is 39.4. The molecule has 0 radical (unpaired) electrons. The molecule has 6 amide bonds. The van der Waals surface area contributed by atoms with Crippen molar-refractivity contribution >= 4 is 53.4 Å². The van der Waals surface area contributed by atoms with E-state index in [1.54, 1.807) is 0 Å². The smallest absolute Gasteiger partial charge is 0.326 e. The zero-order valence-corrected chi connectivity index (χ0v) is 28.9. The van der Waals surface area contributed by atoms with Crippen molar-refractivity contribution < 1.29 is 63.6 Å². The highest BCUT2D eigenvalue weighted by Gasteiger charge is 2.35. The van der Waals surface area contributed by atoms with Crippen molar-refractivity contribution in [2.75, 3.05) is 6.54 Å². The fourth-order valence-electron chi connectivity index (χ4n) is 4.51. The van der Waals surface area contributed by atoms with E-state index < -0.39 is 140 Å². The lowest BCUT2D eigenvalue weighted by atomic mass is 10.0. The number of hydrogen-bond acceptors (Lipinski definition) is 12. The summed E-state index contributed by atoms with van der Waals surface area (Å²) in [6, 6.07) is -9.10. The Morgan fingerprint density at radius 1 is 0.569 bits per heavy atom. The van der Waals surface area contributed by atoms with E-state index in [9.17, 15) is 53.4 Å². The number of primary amides is 1. The van der Waals surface area contributed by atoms with E-state index in [1.807, 2.05) is 0 Å². The van der Waals surface area contributed by atoms with Gasteiger partial charge < -0.3 is 64.2 Å². The van der Waals surface area contributed by atoms with E-state index in [0.29, 0.717) is 19.4 Å². The molecular formula is C30H52N8O13. The molecule has 0 aliphatic rings. The van der Waals surface area contributed by atoms with Gasteiger partial charge in [-0.2, -0.15) is 0 Å². The van der Waals surface area contributed by atoms with E-state index >= 15 is 0 Å². The lowest BCUT2D eigenvalue weighted by molar-refractivity contribution is -0.144. The van der Waals surface area contributed by atoms with Crippen LogP contribution in [0.3, 0.4) is 0 Å². The summed E-state index contributed by atoms with van der Waals surface area (Å²) < 4.78 is 0. The fraction of sp³-hybridized carbons (Fsp3) is 0.700. The summed E-state index contributed by atoms with van der Waals surface area (Å²) in [5.74, 6) is -10.8. The van der Waals surface area contributed by atoms with Crippen molar-refractivity contribution in [3.8, 4) is 0 Å². The van der Waals surface area contributed by atoms with Gasteiger partial charge in [-0.25, -0.2) is 4.79 Å². The van der Waals surface area contributed by atoms with E-state index in [-0.39, 0.29) is 6.42 Å². The van der Waals surface area contributed by atoms with Gasteiger partial charge in [0, 0.05) is 19.3 Å². The highest BCUT2D eigenvalue weighted by molar-refractivity contribution is 5.97. The Morgan fingerprint density at radius 2 is 0.980 bits per heavy atom. The maximum absolute atomic E-state index is 13.4. The number of nitrogens with one attached hydrogen (secondary N) is 5. The number of carboxylic acid groups (broad SMARTS) is 3. The van der Waals surface area contributed by atoms with Crippen LogP contribution in [0.2, 0.25) is 0 Å². The molecule has 0 aromatic carbocycles. The third-order valence-electron chi connectivity index (χ3n) is 7.47. The number of unbranched alkanes of at least 4 members (excludes halogenated alkanes) is 1. The second kappa shape index (κ2) is 23.5. The Kier molecular flexibility index (Phi) is 21.2. The van der Waals surface area contributed by atoms with Crippen LogP contribution in [-0.4, -0.2) is 123 Å². The molecule has 290 valence electrons. The van der Waals surface area contributed by atoms with E-state index in [1.165, 1.54) is 13.8 Å². The number of rotatable bonds is 26. The average molecular weight is 733 g/mol. The number of aliphatic carboxylic acids is 3. The van der Waals surface area contributed by atoms with E-state index in [2.05, 4.69) is 26.6 Å².